The predicted octanol–water partition coefficient (Wildman–Crippen LogP) is 4.35. The molecule has 3 aliphatic heterocycles. The Morgan fingerprint density at radius 1 is 0.850 bits per heavy atom. The third kappa shape index (κ3) is 8.20. The molecule has 1 unspecified atom stereocenters. The molecule has 6 heterocycles. The zero-order valence-electron chi connectivity index (χ0n) is 33.3. The van der Waals surface area contributed by atoms with Crippen molar-refractivity contribution in [3.05, 3.63) is 99.8 Å². The van der Waals surface area contributed by atoms with Crippen LogP contribution in [0.4, 0.5) is 16.0 Å². The van der Waals surface area contributed by atoms with E-state index in [-0.39, 0.29) is 47.9 Å². The summed E-state index contributed by atoms with van der Waals surface area (Å²) in [5.41, 5.74) is 3.05. The van der Waals surface area contributed by atoms with E-state index in [0.717, 1.165) is 90.0 Å². The number of amides is 3. The molecule has 0 spiro atoms. The maximum atomic E-state index is 15.0. The number of nitrogens with one attached hydrogen (secondary N) is 2. The lowest BCUT2D eigenvalue weighted by Crippen LogP contribution is -2.49. The molecule has 15 nitrogen and oxygen atoms in total. The van der Waals surface area contributed by atoms with Gasteiger partial charge in [0.25, 0.3) is 5.56 Å². The summed E-state index contributed by atoms with van der Waals surface area (Å²) < 4.78 is 23.4. The van der Waals surface area contributed by atoms with Crippen molar-refractivity contribution >= 4 is 40.5 Å². The minimum atomic E-state index is -0.770. The van der Waals surface area contributed by atoms with Gasteiger partial charge in [-0.05, 0) is 81.2 Å². The van der Waals surface area contributed by atoms with Crippen molar-refractivity contribution < 1.29 is 23.2 Å². The van der Waals surface area contributed by atoms with E-state index in [0.29, 0.717) is 34.2 Å². The molecule has 2 aromatic carbocycles. The maximum absolute atomic E-state index is 15.0. The number of hydrogen-bond donors (Lipinski definition) is 2. The Hall–Kier alpha value is -6.16. The SMILES string of the molecule is O=C1CCC(n2c(=O)oc3cc(N4CCN(CC5CCN(C(=O)C6CCC(Nc7ncc(F)c(-c8cccc(-n9ccccc9=O)c8)n7)CC6)CC5)CC4)ccc32)C(=O)N1. The molecule has 4 fully saturated rings. The fourth-order valence-electron chi connectivity index (χ4n) is 9.34. The molecule has 1 saturated carbocycles. The number of halogens is 1. The molecule has 1 atom stereocenters. The standard InChI is InChI=1S/C44H48FN9O6/c45-34-26-46-43(49-40(34)30-4-3-5-33(24-30)53-17-2-1-6-39(53)56)47-31-9-7-29(8-10-31)42(58)52-18-15-28(16-19-52)27-50-20-22-51(23-21-50)32-11-12-35-37(25-32)60-44(59)54(35)36-13-14-38(55)48-41(36)57/h1-6,11-12,17,24-26,28-29,31,36H,7-10,13-16,18-23,27H2,(H,46,47,49)(H,48,55,57). The number of imide groups is 1. The van der Waals surface area contributed by atoms with Gasteiger partial charge in [0, 0.05) is 99.5 Å². The molecule has 3 aromatic heterocycles. The molecular weight excluding hydrogens is 770 g/mol. The lowest BCUT2D eigenvalue weighted by atomic mass is 9.84. The molecule has 16 heteroatoms. The second kappa shape index (κ2) is 16.8. The molecular formula is C44H48FN9O6. The highest BCUT2D eigenvalue weighted by molar-refractivity contribution is 6.00. The average molecular weight is 818 g/mol. The third-order valence-electron chi connectivity index (χ3n) is 12.7. The molecule has 0 bridgehead atoms. The largest absolute Gasteiger partial charge is 0.420 e. The molecule has 312 valence electrons. The first kappa shape index (κ1) is 39.3. The van der Waals surface area contributed by atoms with Crippen molar-refractivity contribution in [2.45, 2.75) is 63.5 Å². The first-order valence-corrected chi connectivity index (χ1v) is 21.0. The van der Waals surface area contributed by atoms with E-state index >= 15 is 0 Å². The monoisotopic (exact) mass is 817 g/mol. The van der Waals surface area contributed by atoms with Gasteiger partial charge in [-0.3, -0.25) is 38.5 Å². The number of piperazine rings is 1. The summed E-state index contributed by atoms with van der Waals surface area (Å²) in [5.74, 6) is -0.868. The van der Waals surface area contributed by atoms with Crippen molar-refractivity contribution in [2.75, 3.05) is 56.0 Å². The quantitative estimate of drug-likeness (QED) is 0.203. The number of nitrogens with zero attached hydrogens (tertiary/aromatic N) is 7. The van der Waals surface area contributed by atoms with Crippen molar-refractivity contribution in [3.8, 4) is 16.9 Å². The summed E-state index contributed by atoms with van der Waals surface area (Å²) >= 11 is 0. The van der Waals surface area contributed by atoms with Gasteiger partial charge in [-0.1, -0.05) is 18.2 Å². The van der Waals surface area contributed by atoms with Gasteiger partial charge in [0.05, 0.1) is 11.7 Å². The summed E-state index contributed by atoms with van der Waals surface area (Å²) in [6, 6.07) is 16.9. The van der Waals surface area contributed by atoms with Crippen LogP contribution in [-0.2, 0) is 14.4 Å². The Labute approximate surface area is 345 Å². The summed E-state index contributed by atoms with van der Waals surface area (Å²) in [5, 5.41) is 5.70. The minimum absolute atomic E-state index is 0.00949. The second-order valence-corrected chi connectivity index (χ2v) is 16.5. The molecule has 5 aromatic rings. The molecule has 2 N–H and O–H groups in total. The van der Waals surface area contributed by atoms with Crippen LogP contribution in [0.25, 0.3) is 28.0 Å². The number of carbonyl (C=O) groups excluding carboxylic acids is 3. The first-order valence-electron chi connectivity index (χ1n) is 21.0. The van der Waals surface area contributed by atoms with Gasteiger partial charge in [-0.2, -0.15) is 0 Å². The van der Waals surface area contributed by atoms with E-state index in [2.05, 4.69) is 35.3 Å². The summed E-state index contributed by atoms with van der Waals surface area (Å²) in [6.45, 7) is 6.03. The summed E-state index contributed by atoms with van der Waals surface area (Å²) in [4.78, 5) is 78.4. The third-order valence-corrected chi connectivity index (χ3v) is 12.7. The molecule has 0 radical (unpaired) electrons. The minimum Gasteiger partial charge on any atom is -0.408 e. The van der Waals surface area contributed by atoms with Crippen LogP contribution in [0.3, 0.4) is 0 Å². The molecule has 3 saturated heterocycles. The van der Waals surface area contributed by atoms with Gasteiger partial charge in [-0.25, -0.2) is 19.2 Å². The number of rotatable bonds is 9. The van der Waals surface area contributed by atoms with Crippen LogP contribution in [0.15, 0.2) is 87.1 Å². The van der Waals surface area contributed by atoms with Crippen LogP contribution < -0.4 is 26.8 Å². The Kier molecular flexibility index (Phi) is 11.0. The van der Waals surface area contributed by atoms with E-state index in [4.69, 9.17) is 4.42 Å². The van der Waals surface area contributed by atoms with E-state index in [1.807, 2.05) is 18.2 Å². The van der Waals surface area contributed by atoms with Crippen LogP contribution in [-0.4, -0.2) is 98.5 Å². The highest BCUT2D eigenvalue weighted by atomic mass is 19.1. The molecule has 1 aliphatic carbocycles. The molecule has 4 aliphatic rings. The fourth-order valence-corrected chi connectivity index (χ4v) is 9.34. The van der Waals surface area contributed by atoms with E-state index < -0.39 is 23.5 Å². The van der Waals surface area contributed by atoms with Crippen LogP contribution in [0.1, 0.15) is 57.4 Å². The number of anilines is 2. The molecule has 9 rings (SSSR count). The Bertz CT molecular complexity index is 2530. The second-order valence-electron chi connectivity index (χ2n) is 16.5. The van der Waals surface area contributed by atoms with Crippen molar-refractivity contribution in [1.29, 1.82) is 0 Å². The molecule has 3 amide bonds. The average Bonchev–Trinajstić information content (AvgIpc) is 3.59. The van der Waals surface area contributed by atoms with Gasteiger partial charge < -0.3 is 19.5 Å². The summed E-state index contributed by atoms with van der Waals surface area (Å²) in [7, 11) is 0. The van der Waals surface area contributed by atoms with Gasteiger partial charge >= 0.3 is 5.76 Å². The predicted molar refractivity (Wildman–Crippen MR) is 222 cm³/mol. The van der Waals surface area contributed by atoms with E-state index in [1.54, 1.807) is 42.6 Å². The van der Waals surface area contributed by atoms with Crippen molar-refractivity contribution in [2.24, 2.45) is 11.8 Å². The normalized spacial score (nSPS) is 21.9. The number of carbonyl (C=O) groups is 3. The number of piperidine rings is 2. The summed E-state index contributed by atoms with van der Waals surface area (Å²) in [6.07, 6.45) is 8.37. The lowest BCUT2D eigenvalue weighted by molar-refractivity contribution is -0.138. The van der Waals surface area contributed by atoms with Gasteiger partial charge in [0.1, 0.15) is 11.7 Å². The first-order chi connectivity index (χ1) is 29.2. The fraction of sp³-hybridized carbons (Fsp3) is 0.432. The van der Waals surface area contributed by atoms with E-state index in [9.17, 15) is 28.4 Å². The van der Waals surface area contributed by atoms with Gasteiger partial charge in [0.2, 0.25) is 23.7 Å². The van der Waals surface area contributed by atoms with Gasteiger partial charge in [0.15, 0.2) is 11.4 Å². The van der Waals surface area contributed by atoms with E-state index in [1.165, 1.54) is 21.4 Å². The van der Waals surface area contributed by atoms with Gasteiger partial charge in [-0.15, -0.1) is 0 Å². The van der Waals surface area contributed by atoms with Crippen LogP contribution in [0.2, 0.25) is 0 Å². The van der Waals surface area contributed by atoms with Crippen molar-refractivity contribution in [3.63, 3.8) is 0 Å². The number of likely N-dealkylation sites (tertiary alicyclic amines) is 1. The number of hydrogen-bond acceptors (Lipinski definition) is 11. The highest BCUT2D eigenvalue weighted by Crippen LogP contribution is 2.32. The number of fused-ring (bicyclic) bond motifs is 1. The number of pyridine rings is 1. The van der Waals surface area contributed by atoms with Crippen LogP contribution in [0, 0.1) is 17.7 Å². The number of benzene rings is 2. The van der Waals surface area contributed by atoms with Crippen molar-refractivity contribution in [1.82, 2.24) is 34.2 Å². The van der Waals surface area contributed by atoms with Crippen LogP contribution in [0.5, 0.6) is 0 Å². The number of aromatic nitrogens is 4. The zero-order valence-corrected chi connectivity index (χ0v) is 33.3. The number of oxazole rings is 1. The molecule has 60 heavy (non-hydrogen) atoms. The maximum Gasteiger partial charge on any atom is 0.420 e. The van der Waals surface area contributed by atoms with Crippen LogP contribution >= 0.6 is 0 Å². The highest BCUT2D eigenvalue weighted by Gasteiger charge is 2.34. The smallest absolute Gasteiger partial charge is 0.408 e. The lowest BCUT2D eigenvalue weighted by Gasteiger charge is -2.40. The Morgan fingerprint density at radius 2 is 1.65 bits per heavy atom. The topological polar surface area (TPSA) is 168 Å². The Balaban J connectivity index is 0.721. The Morgan fingerprint density at radius 3 is 2.42 bits per heavy atom. The zero-order chi connectivity index (χ0) is 41.3.